The molecule has 2 heterocycles. The molecule has 4 heteroatoms. The molecule has 0 N–H and O–H groups in total. The molecule has 0 bridgehead atoms. The predicted molar refractivity (Wildman–Crippen MR) is 101 cm³/mol. The number of piperidine rings is 1. The molecule has 1 fully saturated rings. The van der Waals surface area contributed by atoms with Gasteiger partial charge >= 0.3 is 0 Å². The van der Waals surface area contributed by atoms with Crippen molar-refractivity contribution in [2.75, 3.05) is 13.1 Å². The number of hydrogen-bond donors (Lipinski definition) is 0. The number of amides is 1. The van der Waals surface area contributed by atoms with Crippen LogP contribution in [0, 0.1) is 5.92 Å². The fourth-order valence-electron chi connectivity index (χ4n) is 3.72. The average molecular weight is 351 g/mol. The highest BCUT2D eigenvalue weighted by Gasteiger charge is 2.42. The van der Waals surface area contributed by atoms with Gasteiger partial charge in [-0.1, -0.05) is 50.2 Å². The van der Waals surface area contributed by atoms with Crippen molar-refractivity contribution in [1.82, 2.24) is 4.90 Å². The van der Waals surface area contributed by atoms with Crippen molar-refractivity contribution in [3.63, 3.8) is 0 Å². The molecule has 0 unspecified atom stereocenters. The summed E-state index contributed by atoms with van der Waals surface area (Å²) in [6.45, 7) is 5.82. The number of rotatable bonds is 2. The molecule has 1 saturated heterocycles. The van der Waals surface area contributed by atoms with E-state index in [0.29, 0.717) is 32.5 Å². The topological polar surface area (TPSA) is 38.8 Å². The van der Waals surface area contributed by atoms with Gasteiger partial charge in [0.2, 0.25) is 11.7 Å². The van der Waals surface area contributed by atoms with Crippen LogP contribution in [0.5, 0.6) is 5.75 Å². The summed E-state index contributed by atoms with van der Waals surface area (Å²) in [5.41, 5.74) is 3.44. The molecular formula is C22H25NO3. The molecule has 136 valence electrons. The van der Waals surface area contributed by atoms with E-state index in [9.17, 15) is 4.79 Å². The second kappa shape index (κ2) is 6.76. The first-order valence-electron chi connectivity index (χ1n) is 9.36. The third-order valence-electron chi connectivity index (χ3n) is 5.29. The number of hydrogen-bond acceptors (Lipinski definition) is 3. The number of benzene rings is 2. The van der Waals surface area contributed by atoms with Crippen LogP contribution in [-0.4, -0.2) is 29.7 Å². The molecule has 4 rings (SSSR count). The first-order chi connectivity index (χ1) is 12.6. The summed E-state index contributed by atoms with van der Waals surface area (Å²) in [4.78, 5) is 14.1. The van der Waals surface area contributed by atoms with Gasteiger partial charge in [0.05, 0.1) is 6.61 Å². The van der Waals surface area contributed by atoms with E-state index in [-0.39, 0.29) is 11.8 Å². The summed E-state index contributed by atoms with van der Waals surface area (Å²) in [7, 11) is 0. The van der Waals surface area contributed by atoms with E-state index in [1.807, 2.05) is 43.0 Å². The largest absolute Gasteiger partial charge is 0.462 e. The lowest BCUT2D eigenvalue weighted by molar-refractivity contribution is -0.228. The van der Waals surface area contributed by atoms with Crippen LogP contribution in [-0.2, 0) is 16.1 Å². The zero-order valence-electron chi connectivity index (χ0n) is 15.4. The molecule has 0 saturated carbocycles. The van der Waals surface area contributed by atoms with Crippen LogP contribution >= 0.6 is 0 Å². The number of carbonyl (C=O) groups excluding carboxylic acids is 1. The molecule has 0 atom stereocenters. The maximum absolute atomic E-state index is 12.2. The molecule has 0 aliphatic carbocycles. The Labute approximate surface area is 154 Å². The average Bonchev–Trinajstić information content (AvgIpc) is 2.68. The van der Waals surface area contributed by atoms with Gasteiger partial charge in [-0.3, -0.25) is 4.79 Å². The van der Waals surface area contributed by atoms with Gasteiger partial charge in [0.1, 0.15) is 5.75 Å². The highest BCUT2D eigenvalue weighted by atomic mass is 16.7. The lowest BCUT2D eigenvalue weighted by Gasteiger charge is -2.44. The van der Waals surface area contributed by atoms with Gasteiger partial charge in [0, 0.05) is 37.4 Å². The SMILES string of the molecule is CC(C)C(=O)N1CCC2(CC1)OCc1cc(-c3ccccc3)ccc1O2. The van der Waals surface area contributed by atoms with Crippen molar-refractivity contribution >= 4 is 5.91 Å². The van der Waals surface area contributed by atoms with Crippen molar-refractivity contribution in [2.24, 2.45) is 5.92 Å². The summed E-state index contributed by atoms with van der Waals surface area (Å²) in [5, 5.41) is 0. The molecule has 2 aromatic rings. The number of carbonyl (C=O) groups is 1. The van der Waals surface area contributed by atoms with Crippen LogP contribution in [0.25, 0.3) is 11.1 Å². The van der Waals surface area contributed by atoms with Gasteiger partial charge in [-0.05, 0) is 23.3 Å². The van der Waals surface area contributed by atoms with Crippen molar-refractivity contribution in [2.45, 2.75) is 39.1 Å². The van der Waals surface area contributed by atoms with Crippen LogP contribution in [0.2, 0.25) is 0 Å². The second-order valence-corrected chi connectivity index (χ2v) is 7.47. The zero-order valence-corrected chi connectivity index (χ0v) is 15.4. The van der Waals surface area contributed by atoms with E-state index in [2.05, 4.69) is 24.3 Å². The Morgan fingerprint density at radius 3 is 2.46 bits per heavy atom. The number of fused-ring (bicyclic) bond motifs is 1. The van der Waals surface area contributed by atoms with Crippen LogP contribution in [0.4, 0.5) is 0 Å². The predicted octanol–water partition coefficient (Wildman–Crippen LogP) is 4.24. The van der Waals surface area contributed by atoms with Gasteiger partial charge in [0.25, 0.3) is 0 Å². The lowest BCUT2D eigenvalue weighted by Crippen LogP contribution is -2.53. The summed E-state index contributed by atoms with van der Waals surface area (Å²) < 4.78 is 12.4. The Kier molecular flexibility index (Phi) is 4.45. The number of likely N-dealkylation sites (tertiary alicyclic amines) is 1. The van der Waals surface area contributed by atoms with Crippen molar-refractivity contribution in [3.05, 3.63) is 54.1 Å². The Morgan fingerprint density at radius 2 is 1.77 bits per heavy atom. The van der Waals surface area contributed by atoms with E-state index < -0.39 is 5.79 Å². The standard InChI is InChI=1S/C22H25NO3/c1-16(2)21(24)23-12-10-22(11-13-23)25-15-19-14-18(8-9-20(19)26-22)17-6-4-3-5-7-17/h3-9,14,16H,10-13,15H2,1-2H3. The monoisotopic (exact) mass is 351 g/mol. The van der Waals surface area contributed by atoms with E-state index in [1.54, 1.807) is 0 Å². The quantitative estimate of drug-likeness (QED) is 0.812. The molecule has 26 heavy (non-hydrogen) atoms. The summed E-state index contributed by atoms with van der Waals surface area (Å²) in [6, 6.07) is 16.6. The minimum absolute atomic E-state index is 0.0365. The van der Waals surface area contributed by atoms with Crippen LogP contribution in [0.3, 0.4) is 0 Å². The Morgan fingerprint density at radius 1 is 1.04 bits per heavy atom. The van der Waals surface area contributed by atoms with Gasteiger partial charge in [0.15, 0.2) is 0 Å². The third-order valence-corrected chi connectivity index (χ3v) is 5.29. The van der Waals surface area contributed by atoms with Crippen molar-refractivity contribution in [3.8, 4) is 16.9 Å². The van der Waals surface area contributed by atoms with E-state index in [1.165, 1.54) is 11.1 Å². The molecule has 2 aromatic carbocycles. The lowest BCUT2D eigenvalue weighted by atomic mass is 9.98. The summed E-state index contributed by atoms with van der Waals surface area (Å²) in [5.74, 6) is 0.562. The van der Waals surface area contributed by atoms with Crippen LogP contribution in [0.1, 0.15) is 32.3 Å². The zero-order chi connectivity index (χ0) is 18.1. The van der Waals surface area contributed by atoms with Crippen LogP contribution < -0.4 is 4.74 Å². The van der Waals surface area contributed by atoms with E-state index in [4.69, 9.17) is 9.47 Å². The number of nitrogens with zero attached hydrogens (tertiary/aromatic N) is 1. The fourth-order valence-corrected chi connectivity index (χ4v) is 3.72. The minimum atomic E-state index is -0.588. The summed E-state index contributed by atoms with van der Waals surface area (Å²) >= 11 is 0. The van der Waals surface area contributed by atoms with Gasteiger partial charge in [-0.15, -0.1) is 0 Å². The highest BCUT2D eigenvalue weighted by molar-refractivity contribution is 5.78. The molecule has 2 aliphatic rings. The highest BCUT2D eigenvalue weighted by Crippen LogP contribution is 2.39. The second-order valence-electron chi connectivity index (χ2n) is 7.47. The molecule has 1 spiro atoms. The normalized spacial score (nSPS) is 18.5. The maximum atomic E-state index is 12.2. The molecule has 2 aliphatic heterocycles. The van der Waals surface area contributed by atoms with E-state index in [0.717, 1.165) is 11.3 Å². The maximum Gasteiger partial charge on any atom is 0.225 e. The third kappa shape index (κ3) is 3.21. The molecule has 0 radical (unpaired) electrons. The molecular weight excluding hydrogens is 326 g/mol. The first kappa shape index (κ1) is 17.1. The Bertz CT molecular complexity index is 792. The van der Waals surface area contributed by atoms with Crippen LogP contribution in [0.15, 0.2) is 48.5 Å². The first-order valence-corrected chi connectivity index (χ1v) is 9.36. The Balaban J connectivity index is 1.48. The van der Waals surface area contributed by atoms with Gasteiger partial charge < -0.3 is 14.4 Å². The minimum Gasteiger partial charge on any atom is -0.462 e. The van der Waals surface area contributed by atoms with Crippen molar-refractivity contribution in [1.29, 1.82) is 0 Å². The smallest absolute Gasteiger partial charge is 0.225 e. The van der Waals surface area contributed by atoms with E-state index >= 15 is 0 Å². The van der Waals surface area contributed by atoms with Crippen molar-refractivity contribution < 1.29 is 14.3 Å². The summed E-state index contributed by atoms with van der Waals surface area (Å²) in [6.07, 6.45) is 1.43. The van der Waals surface area contributed by atoms with Gasteiger partial charge in [-0.2, -0.15) is 0 Å². The molecule has 4 nitrogen and oxygen atoms in total. The Hall–Kier alpha value is -2.33. The van der Waals surface area contributed by atoms with Gasteiger partial charge in [-0.25, -0.2) is 0 Å². The fraction of sp³-hybridized carbons (Fsp3) is 0.409. The number of ether oxygens (including phenoxy) is 2. The molecule has 0 aromatic heterocycles. The molecule has 1 amide bonds.